The molecule has 1 aliphatic rings. The number of rotatable bonds is 27. The number of carbonyl (C=O) groups is 11. The monoisotopic (exact) mass is 1020 g/mol. The molecule has 7 atom stereocenters. The van der Waals surface area contributed by atoms with Gasteiger partial charge >= 0.3 is 17.9 Å². The van der Waals surface area contributed by atoms with Crippen molar-refractivity contribution in [3.05, 3.63) is 12.7 Å². The summed E-state index contributed by atoms with van der Waals surface area (Å²) in [7, 11) is 0. The molecular formula is C50H83N7O15. The predicted octanol–water partition coefficient (Wildman–Crippen LogP) is 1.99. The maximum Gasteiger partial charge on any atom is 0.325 e. The first-order valence-electron chi connectivity index (χ1n) is 24.6. The Hall–Kier alpha value is -5.93. The van der Waals surface area contributed by atoms with E-state index in [0.29, 0.717) is 6.42 Å². The van der Waals surface area contributed by atoms with Crippen molar-refractivity contribution < 1.29 is 71.7 Å². The quantitative estimate of drug-likeness (QED) is 0.0297. The minimum absolute atomic E-state index is 0.00708. The third-order valence-electron chi connectivity index (χ3n) is 10.5. The van der Waals surface area contributed by atoms with Gasteiger partial charge in [0.05, 0.1) is 17.7 Å². The molecule has 0 aliphatic carbocycles. The summed E-state index contributed by atoms with van der Waals surface area (Å²) in [6.07, 6.45) is -0.0467. The van der Waals surface area contributed by atoms with E-state index in [1.165, 1.54) is 17.9 Å². The van der Waals surface area contributed by atoms with Crippen LogP contribution in [-0.4, -0.2) is 149 Å². The van der Waals surface area contributed by atoms with Crippen LogP contribution in [0.2, 0.25) is 0 Å². The van der Waals surface area contributed by atoms with Crippen LogP contribution in [-0.2, 0) is 71.7 Å². The lowest BCUT2D eigenvalue weighted by Gasteiger charge is -2.33. The number of nitrogens with zero attached hydrogens (tertiary/aromatic N) is 1. The van der Waals surface area contributed by atoms with E-state index in [4.69, 9.17) is 18.9 Å². The Morgan fingerprint density at radius 3 is 1.60 bits per heavy atom. The summed E-state index contributed by atoms with van der Waals surface area (Å²) in [4.78, 5) is 148. The van der Waals surface area contributed by atoms with E-state index in [1.54, 1.807) is 96.9 Å². The minimum atomic E-state index is -1.48. The number of carbonyl (C=O) groups excluding carboxylic acids is 11. The van der Waals surface area contributed by atoms with Crippen LogP contribution < -0.4 is 31.9 Å². The summed E-state index contributed by atoms with van der Waals surface area (Å²) in [6.45, 7) is 27.5. The van der Waals surface area contributed by atoms with Crippen molar-refractivity contribution in [3.8, 4) is 0 Å². The van der Waals surface area contributed by atoms with Gasteiger partial charge in [-0.2, -0.15) is 0 Å². The van der Waals surface area contributed by atoms with E-state index in [1.807, 2.05) is 0 Å². The van der Waals surface area contributed by atoms with Crippen molar-refractivity contribution in [3.63, 3.8) is 0 Å². The number of ketones is 1. The Morgan fingerprint density at radius 1 is 0.639 bits per heavy atom. The zero-order valence-electron chi connectivity index (χ0n) is 45.1. The van der Waals surface area contributed by atoms with Crippen molar-refractivity contribution in [1.82, 2.24) is 36.8 Å². The molecule has 0 bridgehead atoms. The number of hydrogen-bond acceptors (Lipinski definition) is 15. The minimum Gasteiger partial charge on any atom is -0.460 e. The molecule has 0 aromatic carbocycles. The SMILES string of the molecule is C=CCOC(=O)CNC(=O)C(=O)C(CCC)NC(=O)[C@@H]1C[C@@H](OC(C)(C)C)CN1C(=O)[C@@H](NC(=O)[C@@H](NC(=O)[C@H](CCC(=O)OC(C)(C)C)NC(=O)[C@H](CCC(=O)OC(C)(C)C)NC(C)=O)C(C)C)C(C)C. The van der Waals surface area contributed by atoms with Gasteiger partial charge in [0.2, 0.25) is 41.2 Å². The second-order valence-corrected chi connectivity index (χ2v) is 21.5. The number of hydrogen-bond donors (Lipinski definition) is 6. The second-order valence-electron chi connectivity index (χ2n) is 21.5. The maximum atomic E-state index is 14.7. The Labute approximate surface area is 424 Å². The zero-order chi connectivity index (χ0) is 55.5. The first-order chi connectivity index (χ1) is 33.1. The van der Waals surface area contributed by atoms with Gasteiger partial charge in [0.1, 0.15) is 54.6 Å². The molecule has 0 saturated carbocycles. The van der Waals surface area contributed by atoms with Crippen molar-refractivity contribution in [2.24, 2.45) is 11.8 Å². The molecule has 7 amide bonds. The van der Waals surface area contributed by atoms with Crippen molar-refractivity contribution in [2.75, 3.05) is 19.7 Å². The first kappa shape index (κ1) is 64.1. The average molecular weight is 1020 g/mol. The molecule has 1 fully saturated rings. The molecule has 0 radical (unpaired) electrons. The van der Waals surface area contributed by atoms with Crippen LogP contribution in [0, 0.1) is 11.8 Å². The summed E-state index contributed by atoms with van der Waals surface area (Å²) in [6, 6.07) is -7.96. The van der Waals surface area contributed by atoms with Gasteiger partial charge in [-0.05, 0) is 93.4 Å². The maximum absolute atomic E-state index is 14.7. The molecule has 1 aliphatic heterocycles. The van der Waals surface area contributed by atoms with E-state index in [0.717, 1.165) is 0 Å². The standard InChI is InChI=1S/C50H83N7O15/c1-17-19-32(41(62)46(67)51-26-38(61)69-24-18-2)53-44(65)35-25-31(70-48(8,9)10)27-57(35)47(68)40(29(5)6)56-45(66)39(28(3)4)55-43(64)34(21-23-37(60)72-50(14,15)16)54-42(63)33(52-30(7)58)20-22-36(59)71-49(11,12)13/h18,28-29,31-35,39-40H,2,17,19-27H2,1,3-16H3,(H,51,67)(H,52,58)(H,53,65)(H,54,63)(H,55,64)(H,56,66)/t31-,32?,33+,34+,35+,39+,40+/m1/s1. The van der Waals surface area contributed by atoms with Gasteiger partial charge in [-0.15, -0.1) is 0 Å². The van der Waals surface area contributed by atoms with Crippen LogP contribution in [0.5, 0.6) is 0 Å². The van der Waals surface area contributed by atoms with E-state index in [2.05, 4.69) is 38.5 Å². The van der Waals surface area contributed by atoms with Gasteiger partial charge in [0.15, 0.2) is 0 Å². The lowest BCUT2D eigenvalue weighted by molar-refractivity contribution is -0.156. The van der Waals surface area contributed by atoms with Gasteiger partial charge in [0, 0.05) is 32.7 Å². The van der Waals surface area contributed by atoms with Crippen molar-refractivity contribution >= 4 is 65.0 Å². The Bertz CT molecular complexity index is 1950. The van der Waals surface area contributed by atoms with Crippen LogP contribution in [0.1, 0.15) is 149 Å². The topological polar surface area (TPSA) is 300 Å². The molecule has 22 nitrogen and oxygen atoms in total. The third kappa shape index (κ3) is 24.0. The lowest BCUT2D eigenvalue weighted by atomic mass is 9.98. The van der Waals surface area contributed by atoms with Gasteiger partial charge in [-0.25, -0.2) is 0 Å². The first-order valence-corrected chi connectivity index (χ1v) is 24.6. The average Bonchev–Trinajstić information content (AvgIpc) is 3.65. The molecule has 1 unspecified atom stereocenters. The number of amides is 7. The summed E-state index contributed by atoms with van der Waals surface area (Å²) in [5.41, 5.74) is -2.40. The fourth-order valence-electron chi connectivity index (χ4n) is 7.39. The van der Waals surface area contributed by atoms with Crippen LogP contribution in [0.3, 0.4) is 0 Å². The van der Waals surface area contributed by atoms with Crippen molar-refractivity contribution in [2.45, 2.75) is 208 Å². The highest BCUT2D eigenvalue weighted by Crippen LogP contribution is 2.27. The number of likely N-dealkylation sites (tertiary alicyclic amines) is 1. The van der Waals surface area contributed by atoms with Crippen LogP contribution >= 0.6 is 0 Å². The number of nitrogens with one attached hydrogen (secondary N) is 6. The molecule has 22 heteroatoms. The predicted molar refractivity (Wildman–Crippen MR) is 264 cm³/mol. The molecule has 1 rings (SSSR count). The number of ether oxygens (including phenoxy) is 4. The fourth-order valence-corrected chi connectivity index (χ4v) is 7.39. The third-order valence-corrected chi connectivity index (χ3v) is 10.5. The molecule has 408 valence electrons. The molecule has 72 heavy (non-hydrogen) atoms. The molecular weight excluding hydrogens is 939 g/mol. The highest BCUT2D eigenvalue weighted by Gasteiger charge is 2.46. The Kier molecular flexibility index (Phi) is 25.8. The van der Waals surface area contributed by atoms with Gasteiger partial charge in [-0.3, -0.25) is 52.7 Å². The second kappa shape index (κ2) is 28.9. The van der Waals surface area contributed by atoms with Crippen LogP contribution in [0.15, 0.2) is 12.7 Å². The Balaban J connectivity index is 3.53. The molecule has 1 heterocycles. The van der Waals surface area contributed by atoms with E-state index in [-0.39, 0.29) is 51.7 Å². The largest absolute Gasteiger partial charge is 0.460 e. The molecule has 6 N–H and O–H groups in total. The number of Topliss-reactive ketones (excluding diaryl/α,β-unsaturated/α-hetero) is 1. The normalized spacial score (nSPS) is 17.0. The van der Waals surface area contributed by atoms with Gasteiger partial charge < -0.3 is 55.7 Å². The summed E-state index contributed by atoms with van der Waals surface area (Å²) in [5.74, 6) is -10.1. The Morgan fingerprint density at radius 2 is 1.14 bits per heavy atom. The van der Waals surface area contributed by atoms with Crippen LogP contribution in [0.25, 0.3) is 0 Å². The molecule has 1 saturated heterocycles. The number of esters is 3. The van der Waals surface area contributed by atoms with Gasteiger partial charge in [-0.1, -0.05) is 53.7 Å². The fraction of sp³-hybridized carbons (Fsp3) is 0.740. The molecule has 0 aromatic rings. The van der Waals surface area contributed by atoms with Crippen LogP contribution in [0.4, 0.5) is 0 Å². The van der Waals surface area contributed by atoms with E-state index >= 15 is 0 Å². The van der Waals surface area contributed by atoms with E-state index < -0.39 is 143 Å². The summed E-state index contributed by atoms with van der Waals surface area (Å²) in [5, 5.41) is 15.3. The molecule has 0 spiro atoms. The lowest BCUT2D eigenvalue weighted by Crippen LogP contribution is -2.61. The zero-order valence-corrected chi connectivity index (χ0v) is 45.1. The summed E-state index contributed by atoms with van der Waals surface area (Å²) >= 11 is 0. The smallest absolute Gasteiger partial charge is 0.325 e. The highest BCUT2D eigenvalue weighted by atomic mass is 16.6. The molecule has 0 aromatic heterocycles. The summed E-state index contributed by atoms with van der Waals surface area (Å²) < 4.78 is 21.8. The van der Waals surface area contributed by atoms with Gasteiger partial charge in [0.25, 0.3) is 5.91 Å². The van der Waals surface area contributed by atoms with E-state index in [9.17, 15) is 52.7 Å². The highest BCUT2D eigenvalue weighted by molar-refractivity contribution is 6.38. The van der Waals surface area contributed by atoms with Crippen molar-refractivity contribution in [1.29, 1.82) is 0 Å².